The molecule has 0 spiro atoms. The maximum Gasteiger partial charge on any atom is 0.249 e. The van der Waals surface area contributed by atoms with E-state index < -0.39 is 0 Å². The number of ether oxygens (including phenoxy) is 1. The molecule has 2 aromatic carbocycles. The van der Waals surface area contributed by atoms with Crippen molar-refractivity contribution in [3.63, 3.8) is 0 Å². The van der Waals surface area contributed by atoms with Gasteiger partial charge in [-0.2, -0.15) is 10.1 Å². The standard InChI is InChI=1S/C22H24N6O/c1-3-9-19-17(6-1)7-5-11-28(19)21-16-23-26-22(25-21)24-18-8-2-4-10-20(18)27-12-14-29-15-13-27/h1-4,6,8-10,16H,5,7,11-15H2,(H,24,25,26). The minimum Gasteiger partial charge on any atom is -0.378 e. The Morgan fingerprint density at radius 3 is 2.59 bits per heavy atom. The Morgan fingerprint density at radius 2 is 1.69 bits per heavy atom. The van der Waals surface area contributed by atoms with Crippen LogP contribution >= 0.6 is 0 Å². The van der Waals surface area contributed by atoms with E-state index in [0.717, 1.165) is 62.9 Å². The maximum absolute atomic E-state index is 5.49. The van der Waals surface area contributed by atoms with E-state index in [9.17, 15) is 0 Å². The number of hydrogen-bond donors (Lipinski definition) is 1. The molecule has 0 radical (unpaired) electrons. The van der Waals surface area contributed by atoms with Crippen LogP contribution in [-0.4, -0.2) is 48.0 Å². The van der Waals surface area contributed by atoms with Crippen molar-refractivity contribution in [1.29, 1.82) is 0 Å². The normalized spacial score (nSPS) is 16.4. The summed E-state index contributed by atoms with van der Waals surface area (Å²) >= 11 is 0. The Kier molecular flexibility index (Phi) is 4.96. The summed E-state index contributed by atoms with van der Waals surface area (Å²) in [6.45, 7) is 4.18. The van der Waals surface area contributed by atoms with Crippen LogP contribution in [0.1, 0.15) is 12.0 Å². The zero-order chi connectivity index (χ0) is 19.5. The van der Waals surface area contributed by atoms with E-state index in [2.05, 4.69) is 67.8 Å². The topological polar surface area (TPSA) is 66.4 Å². The van der Waals surface area contributed by atoms with Gasteiger partial charge < -0.3 is 19.9 Å². The Bertz CT molecular complexity index is 988. The van der Waals surface area contributed by atoms with Crippen molar-refractivity contribution in [2.24, 2.45) is 0 Å². The van der Waals surface area contributed by atoms with E-state index in [1.54, 1.807) is 6.20 Å². The van der Waals surface area contributed by atoms with Crippen LogP contribution in [0.25, 0.3) is 0 Å². The summed E-state index contributed by atoms with van der Waals surface area (Å²) in [5.74, 6) is 1.32. The van der Waals surface area contributed by atoms with Crippen LogP contribution in [0.15, 0.2) is 54.7 Å². The number of nitrogens with one attached hydrogen (secondary N) is 1. The number of hydrogen-bond acceptors (Lipinski definition) is 7. The minimum atomic E-state index is 0.506. The molecule has 3 aromatic rings. The fourth-order valence-corrected chi connectivity index (χ4v) is 4.03. The molecule has 7 nitrogen and oxygen atoms in total. The van der Waals surface area contributed by atoms with Gasteiger partial charge in [0, 0.05) is 25.3 Å². The molecule has 1 saturated heterocycles. The second-order valence-corrected chi connectivity index (χ2v) is 7.26. The summed E-state index contributed by atoms with van der Waals surface area (Å²) in [4.78, 5) is 9.33. The van der Waals surface area contributed by atoms with E-state index in [1.807, 2.05) is 6.07 Å². The molecule has 1 N–H and O–H groups in total. The molecule has 2 aliphatic rings. The summed E-state index contributed by atoms with van der Waals surface area (Å²) in [5.41, 5.74) is 4.67. The number of fused-ring (bicyclic) bond motifs is 1. The molecule has 0 bridgehead atoms. The first kappa shape index (κ1) is 17.9. The third kappa shape index (κ3) is 3.73. The Morgan fingerprint density at radius 1 is 0.897 bits per heavy atom. The Hall–Kier alpha value is -3.19. The lowest BCUT2D eigenvalue weighted by molar-refractivity contribution is 0.123. The van der Waals surface area contributed by atoms with Crippen molar-refractivity contribution < 1.29 is 4.74 Å². The van der Waals surface area contributed by atoms with E-state index in [0.29, 0.717) is 5.95 Å². The lowest BCUT2D eigenvalue weighted by Gasteiger charge is -2.31. The van der Waals surface area contributed by atoms with E-state index in [4.69, 9.17) is 9.72 Å². The molecule has 2 aliphatic heterocycles. The van der Waals surface area contributed by atoms with Crippen molar-refractivity contribution in [2.75, 3.05) is 48.0 Å². The monoisotopic (exact) mass is 388 g/mol. The van der Waals surface area contributed by atoms with Crippen LogP contribution in [0.3, 0.4) is 0 Å². The fourth-order valence-electron chi connectivity index (χ4n) is 4.03. The smallest absolute Gasteiger partial charge is 0.249 e. The highest BCUT2D eigenvalue weighted by Gasteiger charge is 2.20. The zero-order valence-electron chi connectivity index (χ0n) is 16.3. The molecule has 7 heteroatoms. The van der Waals surface area contributed by atoms with Crippen molar-refractivity contribution in [3.05, 3.63) is 60.3 Å². The zero-order valence-corrected chi connectivity index (χ0v) is 16.3. The van der Waals surface area contributed by atoms with Crippen molar-refractivity contribution in [2.45, 2.75) is 12.8 Å². The van der Waals surface area contributed by atoms with Crippen LogP contribution < -0.4 is 15.1 Å². The SMILES string of the molecule is c1ccc2c(c1)CCCN2c1cnnc(Nc2ccccc2N2CCOCC2)n1. The average molecular weight is 388 g/mol. The highest BCUT2D eigenvalue weighted by atomic mass is 16.5. The van der Waals surface area contributed by atoms with Gasteiger partial charge in [-0.25, -0.2) is 0 Å². The number of aromatic nitrogens is 3. The summed E-state index contributed by atoms with van der Waals surface area (Å²) in [6, 6.07) is 16.7. The number of anilines is 5. The van der Waals surface area contributed by atoms with Gasteiger partial charge in [0.2, 0.25) is 5.95 Å². The molecule has 0 aliphatic carbocycles. The van der Waals surface area contributed by atoms with Gasteiger partial charge in [-0.05, 0) is 36.6 Å². The van der Waals surface area contributed by atoms with Crippen LogP contribution in [0.2, 0.25) is 0 Å². The van der Waals surface area contributed by atoms with E-state index in [1.165, 1.54) is 11.3 Å². The predicted molar refractivity (Wildman–Crippen MR) is 114 cm³/mol. The molecule has 0 atom stereocenters. The van der Waals surface area contributed by atoms with Gasteiger partial charge in [0.05, 0.1) is 30.8 Å². The third-order valence-electron chi connectivity index (χ3n) is 5.44. The number of benzene rings is 2. The van der Waals surface area contributed by atoms with Crippen molar-refractivity contribution in [1.82, 2.24) is 15.2 Å². The summed E-state index contributed by atoms with van der Waals surface area (Å²) in [5, 5.41) is 11.8. The summed E-state index contributed by atoms with van der Waals surface area (Å²) in [6.07, 6.45) is 3.94. The first-order valence-electron chi connectivity index (χ1n) is 10.1. The second-order valence-electron chi connectivity index (χ2n) is 7.26. The minimum absolute atomic E-state index is 0.506. The molecule has 0 saturated carbocycles. The lowest BCUT2D eigenvalue weighted by Crippen LogP contribution is -2.36. The van der Waals surface area contributed by atoms with E-state index >= 15 is 0 Å². The van der Waals surface area contributed by atoms with Gasteiger partial charge in [-0.1, -0.05) is 30.3 Å². The van der Waals surface area contributed by atoms with Gasteiger partial charge in [-0.3, -0.25) is 0 Å². The predicted octanol–water partition coefficient (Wildman–Crippen LogP) is 3.54. The van der Waals surface area contributed by atoms with Gasteiger partial charge in [0.1, 0.15) is 0 Å². The average Bonchev–Trinajstić information content (AvgIpc) is 2.80. The molecule has 1 aromatic heterocycles. The molecule has 3 heterocycles. The summed E-state index contributed by atoms with van der Waals surface area (Å²) in [7, 11) is 0. The number of rotatable bonds is 4. The molecule has 0 unspecified atom stereocenters. The Labute approximate surface area is 170 Å². The number of para-hydroxylation sites is 3. The van der Waals surface area contributed by atoms with Crippen molar-refractivity contribution >= 4 is 28.8 Å². The number of nitrogens with zero attached hydrogens (tertiary/aromatic N) is 5. The van der Waals surface area contributed by atoms with Gasteiger partial charge in [-0.15, -0.1) is 5.10 Å². The molecule has 5 rings (SSSR count). The van der Waals surface area contributed by atoms with Crippen LogP contribution in [0, 0.1) is 0 Å². The lowest BCUT2D eigenvalue weighted by atomic mass is 10.0. The number of aryl methyl sites for hydroxylation is 1. The highest BCUT2D eigenvalue weighted by Crippen LogP contribution is 2.33. The van der Waals surface area contributed by atoms with Crippen LogP contribution in [-0.2, 0) is 11.2 Å². The Balaban J connectivity index is 1.42. The first-order valence-corrected chi connectivity index (χ1v) is 10.1. The maximum atomic E-state index is 5.49. The molecular formula is C22H24N6O. The van der Waals surface area contributed by atoms with Gasteiger partial charge in [0.25, 0.3) is 0 Å². The fraction of sp³-hybridized carbons (Fsp3) is 0.318. The molecule has 148 valence electrons. The molecule has 0 amide bonds. The van der Waals surface area contributed by atoms with E-state index in [-0.39, 0.29) is 0 Å². The molecule has 29 heavy (non-hydrogen) atoms. The second kappa shape index (κ2) is 8.05. The van der Waals surface area contributed by atoms with Crippen molar-refractivity contribution in [3.8, 4) is 0 Å². The van der Waals surface area contributed by atoms with Gasteiger partial charge >= 0.3 is 0 Å². The quantitative estimate of drug-likeness (QED) is 0.733. The molecular weight excluding hydrogens is 364 g/mol. The van der Waals surface area contributed by atoms with Crippen LogP contribution in [0.5, 0.6) is 0 Å². The molecule has 1 fully saturated rings. The largest absolute Gasteiger partial charge is 0.378 e. The highest BCUT2D eigenvalue weighted by molar-refractivity contribution is 5.74. The number of morpholine rings is 1. The summed E-state index contributed by atoms with van der Waals surface area (Å²) < 4.78 is 5.49. The first-order chi connectivity index (χ1) is 14.4. The third-order valence-corrected chi connectivity index (χ3v) is 5.44. The van der Waals surface area contributed by atoms with Gasteiger partial charge in [0.15, 0.2) is 5.82 Å². The van der Waals surface area contributed by atoms with Crippen LogP contribution in [0.4, 0.5) is 28.8 Å².